The van der Waals surface area contributed by atoms with Gasteiger partial charge in [-0.1, -0.05) is 11.6 Å². The molecule has 0 aliphatic carbocycles. The molecule has 0 bridgehead atoms. The molecule has 1 amide bonds. The number of hydrogen-bond donors (Lipinski definition) is 2. The highest BCUT2D eigenvalue weighted by Crippen LogP contribution is 2.30. The summed E-state index contributed by atoms with van der Waals surface area (Å²) in [5.74, 6) is 1.24. The second-order valence-electron chi connectivity index (χ2n) is 5.91. The average molecular weight is 399 g/mol. The molecule has 144 valence electrons. The normalized spacial score (nSPS) is 10.3. The molecule has 0 unspecified atom stereocenters. The van der Waals surface area contributed by atoms with E-state index >= 15 is 0 Å². The summed E-state index contributed by atoms with van der Waals surface area (Å²) in [5, 5.41) is 14.6. The summed E-state index contributed by atoms with van der Waals surface area (Å²) in [6.45, 7) is 1.94. The van der Waals surface area contributed by atoms with E-state index in [1.54, 1.807) is 43.5 Å². The van der Waals surface area contributed by atoms with Gasteiger partial charge in [0.05, 0.1) is 14.2 Å². The van der Waals surface area contributed by atoms with Gasteiger partial charge >= 0.3 is 0 Å². The van der Waals surface area contributed by atoms with E-state index in [-0.39, 0.29) is 11.6 Å². The minimum Gasteiger partial charge on any atom is -0.493 e. The molecule has 0 aliphatic rings. The summed E-state index contributed by atoms with van der Waals surface area (Å²) in [7, 11) is 3.08. The van der Waals surface area contributed by atoms with E-state index in [0.717, 1.165) is 11.3 Å². The SMILES string of the molecule is COc1ccc(NC(=O)c2ccc(Nc3ccc(Cl)cc3C)nn2)cc1OC. The third-order valence-corrected chi connectivity index (χ3v) is 4.22. The summed E-state index contributed by atoms with van der Waals surface area (Å²) < 4.78 is 10.4. The van der Waals surface area contributed by atoms with Crippen LogP contribution < -0.4 is 20.1 Å². The Bertz CT molecular complexity index is 993. The van der Waals surface area contributed by atoms with Crippen molar-refractivity contribution >= 4 is 34.7 Å². The van der Waals surface area contributed by atoms with Gasteiger partial charge in [0.15, 0.2) is 23.0 Å². The highest BCUT2D eigenvalue weighted by atomic mass is 35.5. The summed E-state index contributed by atoms with van der Waals surface area (Å²) in [6.07, 6.45) is 0. The van der Waals surface area contributed by atoms with Gasteiger partial charge in [0.1, 0.15) is 0 Å². The fourth-order valence-electron chi connectivity index (χ4n) is 2.53. The zero-order valence-electron chi connectivity index (χ0n) is 15.6. The van der Waals surface area contributed by atoms with Gasteiger partial charge in [-0.2, -0.15) is 0 Å². The van der Waals surface area contributed by atoms with Crippen molar-refractivity contribution in [3.05, 3.63) is 64.8 Å². The van der Waals surface area contributed by atoms with Crippen LogP contribution in [-0.2, 0) is 0 Å². The van der Waals surface area contributed by atoms with Crippen LogP contribution in [0.25, 0.3) is 0 Å². The Balaban J connectivity index is 1.70. The number of ether oxygens (including phenoxy) is 2. The first kappa shape index (κ1) is 19.4. The zero-order valence-corrected chi connectivity index (χ0v) is 16.4. The number of rotatable bonds is 6. The number of nitrogens with zero attached hydrogens (tertiary/aromatic N) is 2. The number of halogens is 1. The number of benzene rings is 2. The lowest BCUT2D eigenvalue weighted by Gasteiger charge is -2.11. The molecule has 0 aliphatic heterocycles. The topological polar surface area (TPSA) is 85.4 Å². The molecule has 2 aromatic carbocycles. The van der Waals surface area contributed by atoms with Gasteiger partial charge in [-0.3, -0.25) is 4.79 Å². The maximum atomic E-state index is 12.4. The number of methoxy groups -OCH3 is 2. The number of carbonyl (C=O) groups excluding carboxylic acids is 1. The van der Waals surface area contributed by atoms with Crippen LogP contribution in [0.15, 0.2) is 48.5 Å². The first-order valence-electron chi connectivity index (χ1n) is 8.40. The van der Waals surface area contributed by atoms with Crippen molar-refractivity contribution in [3.63, 3.8) is 0 Å². The summed E-state index contributed by atoms with van der Waals surface area (Å²) >= 11 is 5.96. The van der Waals surface area contributed by atoms with E-state index in [1.165, 1.54) is 7.11 Å². The predicted octanol–water partition coefficient (Wildman–Crippen LogP) is 4.45. The molecule has 0 spiro atoms. The lowest BCUT2D eigenvalue weighted by Crippen LogP contribution is -2.14. The number of amides is 1. The van der Waals surface area contributed by atoms with Gasteiger partial charge in [0.2, 0.25) is 0 Å². The number of nitrogens with one attached hydrogen (secondary N) is 2. The quantitative estimate of drug-likeness (QED) is 0.638. The molecular weight excluding hydrogens is 380 g/mol. The van der Waals surface area contributed by atoms with E-state index in [2.05, 4.69) is 20.8 Å². The third-order valence-electron chi connectivity index (χ3n) is 3.99. The first-order valence-corrected chi connectivity index (χ1v) is 8.78. The highest BCUT2D eigenvalue weighted by molar-refractivity contribution is 6.30. The van der Waals surface area contributed by atoms with Crippen molar-refractivity contribution < 1.29 is 14.3 Å². The largest absolute Gasteiger partial charge is 0.493 e. The molecule has 8 heteroatoms. The molecule has 0 fully saturated rings. The van der Waals surface area contributed by atoms with E-state index in [4.69, 9.17) is 21.1 Å². The van der Waals surface area contributed by atoms with Gasteiger partial charge in [-0.15, -0.1) is 10.2 Å². The summed E-state index contributed by atoms with van der Waals surface area (Å²) in [4.78, 5) is 12.4. The lowest BCUT2D eigenvalue weighted by atomic mass is 10.2. The van der Waals surface area contributed by atoms with Crippen molar-refractivity contribution in [1.82, 2.24) is 10.2 Å². The summed E-state index contributed by atoms with van der Waals surface area (Å²) in [6, 6.07) is 13.9. The lowest BCUT2D eigenvalue weighted by molar-refractivity contribution is 0.102. The number of hydrogen-bond acceptors (Lipinski definition) is 6. The van der Waals surface area contributed by atoms with Crippen molar-refractivity contribution in [2.75, 3.05) is 24.9 Å². The fourth-order valence-corrected chi connectivity index (χ4v) is 2.76. The van der Waals surface area contributed by atoms with Crippen LogP contribution in [0.5, 0.6) is 11.5 Å². The second-order valence-corrected chi connectivity index (χ2v) is 6.35. The Labute approximate surface area is 167 Å². The number of aryl methyl sites for hydroxylation is 1. The van der Waals surface area contributed by atoms with Gasteiger partial charge < -0.3 is 20.1 Å². The van der Waals surface area contributed by atoms with Crippen molar-refractivity contribution in [1.29, 1.82) is 0 Å². The van der Waals surface area contributed by atoms with Gasteiger partial charge in [0, 0.05) is 22.5 Å². The molecule has 0 radical (unpaired) electrons. The van der Waals surface area contributed by atoms with Gasteiger partial charge in [-0.05, 0) is 55.0 Å². The van der Waals surface area contributed by atoms with Crippen LogP contribution in [0.4, 0.5) is 17.2 Å². The maximum Gasteiger partial charge on any atom is 0.276 e. The molecule has 7 nitrogen and oxygen atoms in total. The summed E-state index contributed by atoms with van der Waals surface area (Å²) in [5.41, 5.74) is 2.59. The molecule has 3 rings (SSSR count). The highest BCUT2D eigenvalue weighted by Gasteiger charge is 2.11. The van der Waals surface area contributed by atoms with E-state index in [1.807, 2.05) is 19.1 Å². The maximum absolute atomic E-state index is 12.4. The van der Waals surface area contributed by atoms with Gasteiger partial charge in [-0.25, -0.2) is 0 Å². The van der Waals surface area contributed by atoms with E-state index in [0.29, 0.717) is 28.0 Å². The Hall–Kier alpha value is -3.32. The average Bonchev–Trinajstić information content (AvgIpc) is 2.70. The predicted molar refractivity (Wildman–Crippen MR) is 109 cm³/mol. The molecule has 3 aromatic rings. The fraction of sp³-hybridized carbons (Fsp3) is 0.150. The van der Waals surface area contributed by atoms with E-state index in [9.17, 15) is 4.79 Å². The van der Waals surface area contributed by atoms with Crippen LogP contribution in [0, 0.1) is 6.92 Å². The van der Waals surface area contributed by atoms with Gasteiger partial charge in [0.25, 0.3) is 5.91 Å². The first-order chi connectivity index (χ1) is 13.5. The Morgan fingerprint density at radius 2 is 1.75 bits per heavy atom. The molecule has 28 heavy (non-hydrogen) atoms. The number of anilines is 3. The molecule has 1 heterocycles. The molecule has 1 aromatic heterocycles. The van der Waals surface area contributed by atoms with Crippen molar-refractivity contribution in [3.8, 4) is 11.5 Å². The molecule has 0 saturated carbocycles. The van der Waals surface area contributed by atoms with Crippen LogP contribution in [0.1, 0.15) is 16.1 Å². The Morgan fingerprint density at radius 3 is 2.39 bits per heavy atom. The van der Waals surface area contributed by atoms with Crippen molar-refractivity contribution in [2.45, 2.75) is 6.92 Å². The minimum absolute atomic E-state index is 0.188. The van der Waals surface area contributed by atoms with Crippen LogP contribution >= 0.6 is 11.6 Å². The standard InChI is InChI=1S/C20H19ClN4O3/c1-12-10-13(21)4-6-15(12)23-19-9-7-16(24-25-19)20(26)22-14-5-8-17(27-2)18(11-14)28-3/h4-11H,1-3H3,(H,22,26)(H,23,25). The molecule has 2 N–H and O–H groups in total. The van der Waals surface area contributed by atoms with Crippen LogP contribution in [0.2, 0.25) is 5.02 Å². The molecule has 0 atom stereocenters. The molecule has 0 saturated heterocycles. The third kappa shape index (κ3) is 4.50. The Morgan fingerprint density at radius 1 is 0.964 bits per heavy atom. The smallest absolute Gasteiger partial charge is 0.276 e. The second kappa shape index (κ2) is 8.58. The Kier molecular flexibility index (Phi) is 5.96. The van der Waals surface area contributed by atoms with E-state index < -0.39 is 0 Å². The minimum atomic E-state index is -0.381. The molecular formula is C20H19ClN4O3. The zero-order chi connectivity index (χ0) is 20.1. The van der Waals surface area contributed by atoms with Crippen LogP contribution in [-0.4, -0.2) is 30.3 Å². The number of carbonyl (C=O) groups is 1. The van der Waals surface area contributed by atoms with Crippen LogP contribution in [0.3, 0.4) is 0 Å². The number of aromatic nitrogens is 2. The van der Waals surface area contributed by atoms with Crippen molar-refractivity contribution in [2.24, 2.45) is 0 Å². The monoisotopic (exact) mass is 398 g/mol.